The Morgan fingerprint density at radius 3 is 1.04 bits per heavy atom. The average Bonchev–Trinajstić information content (AvgIpc) is 3.91. The van der Waals surface area contributed by atoms with Crippen LogP contribution in [0.1, 0.15) is 44.5 Å². The molecule has 0 fully saturated rings. The fourth-order valence-electron chi connectivity index (χ4n) is 12.9. The zero-order valence-electron chi connectivity index (χ0n) is 38.6. The molecular weight excluding hydrogens is 863 g/mol. The van der Waals surface area contributed by atoms with E-state index in [1.165, 1.54) is 61.2 Å². The SMILES string of the molecule is c1ccc(-c2cccc(-c3ccc(N(c4cccc5c4-c4ccccc4C54c5ccccc5Oc5ccccc54)c4cccc5c4-c4ccccc4C54c5ccccc5Oc5ccccc54)cc3)c2)cc1. The predicted octanol–water partition coefficient (Wildman–Crippen LogP) is 17.4. The Hall–Kier alpha value is -9.18. The third kappa shape index (κ3) is 5.43. The van der Waals surface area contributed by atoms with Crippen LogP contribution in [0, 0.1) is 0 Å². The number of hydrogen-bond acceptors (Lipinski definition) is 3. The first-order valence-corrected chi connectivity index (χ1v) is 24.5. The molecule has 71 heavy (non-hydrogen) atoms. The summed E-state index contributed by atoms with van der Waals surface area (Å²) in [4.78, 5) is 2.54. The van der Waals surface area contributed by atoms with E-state index in [0.29, 0.717) is 0 Å². The van der Waals surface area contributed by atoms with Crippen molar-refractivity contribution in [3.8, 4) is 67.5 Å². The number of rotatable bonds is 5. The number of anilines is 3. The lowest BCUT2D eigenvalue weighted by Crippen LogP contribution is -2.32. The van der Waals surface area contributed by atoms with Crippen LogP contribution in [0.2, 0.25) is 0 Å². The van der Waals surface area contributed by atoms with Gasteiger partial charge in [-0.3, -0.25) is 0 Å². The molecule has 0 aromatic heterocycles. The van der Waals surface area contributed by atoms with Gasteiger partial charge in [-0.05, 0) is 110 Å². The summed E-state index contributed by atoms with van der Waals surface area (Å²) in [6.45, 7) is 0. The van der Waals surface area contributed by atoms with Gasteiger partial charge in [0.25, 0.3) is 0 Å². The smallest absolute Gasteiger partial charge is 0.132 e. The van der Waals surface area contributed by atoms with Crippen molar-refractivity contribution in [3.05, 3.63) is 305 Å². The first kappa shape index (κ1) is 39.8. The van der Waals surface area contributed by atoms with Crippen molar-refractivity contribution >= 4 is 17.1 Å². The fourth-order valence-corrected chi connectivity index (χ4v) is 12.9. The van der Waals surface area contributed by atoms with Gasteiger partial charge in [0.2, 0.25) is 0 Å². The molecule has 0 amide bonds. The maximum absolute atomic E-state index is 6.76. The zero-order chi connectivity index (χ0) is 46.7. The van der Waals surface area contributed by atoms with E-state index in [1.807, 2.05) is 0 Å². The van der Waals surface area contributed by atoms with Gasteiger partial charge in [0, 0.05) is 39.1 Å². The summed E-state index contributed by atoms with van der Waals surface area (Å²) in [6, 6.07) is 95.2. The molecule has 0 saturated heterocycles. The summed E-state index contributed by atoms with van der Waals surface area (Å²) in [5.74, 6) is 3.51. The summed E-state index contributed by atoms with van der Waals surface area (Å²) in [5, 5.41) is 0. The van der Waals surface area contributed by atoms with Gasteiger partial charge in [-0.2, -0.15) is 0 Å². The van der Waals surface area contributed by atoms with Gasteiger partial charge in [0.15, 0.2) is 0 Å². The molecule has 4 aliphatic rings. The largest absolute Gasteiger partial charge is 0.457 e. The number of fused-ring (bicyclic) bond motifs is 18. The maximum Gasteiger partial charge on any atom is 0.132 e. The number of nitrogens with zero attached hydrogens (tertiary/aromatic N) is 1. The number of para-hydroxylation sites is 4. The molecule has 11 aromatic carbocycles. The lowest BCUT2D eigenvalue weighted by atomic mass is 9.66. The molecule has 0 radical (unpaired) electrons. The van der Waals surface area contributed by atoms with Crippen molar-refractivity contribution in [3.63, 3.8) is 0 Å². The van der Waals surface area contributed by atoms with Crippen molar-refractivity contribution < 1.29 is 9.47 Å². The molecule has 11 aromatic rings. The molecule has 3 nitrogen and oxygen atoms in total. The second kappa shape index (κ2) is 15.2. The number of hydrogen-bond donors (Lipinski definition) is 0. The van der Waals surface area contributed by atoms with Crippen LogP contribution >= 0.6 is 0 Å². The van der Waals surface area contributed by atoms with Crippen LogP contribution in [0.5, 0.6) is 23.0 Å². The highest BCUT2D eigenvalue weighted by Crippen LogP contribution is 2.67. The van der Waals surface area contributed by atoms with E-state index >= 15 is 0 Å². The highest BCUT2D eigenvalue weighted by molar-refractivity contribution is 6.03. The van der Waals surface area contributed by atoms with E-state index in [4.69, 9.17) is 9.47 Å². The second-order valence-electron chi connectivity index (χ2n) is 19.0. The van der Waals surface area contributed by atoms with E-state index in [0.717, 1.165) is 67.9 Å². The van der Waals surface area contributed by atoms with Crippen LogP contribution in [0.25, 0.3) is 44.5 Å². The Morgan fingerprint density at radius 1 is 0.254 bits per heavy atom. The van der Waals surface area contributed by atoms with Gasteiger partial charge in [0.05, 0.1) is 22.2 Å². The first-order valence-electron chi connectivity index (χ1n) is 24.5. The minimum atomic E-state index is -0.627. The molecule has 3 heteroatoms. The molecule has 0 atom stereocenters. The predicted molar refractivity (Wildman–Crippen MR) is 287 cm³/mol. The van der Waals surface area contributed by atoms with Crippen molar-refractivity contribution in [2.45, 2.75) is 10.8 Å². The average molecular weight is 906 g/mol. The molecule has 332 valence electrons. The Kier molecular flexibility index (Phi) is 8.49. The maximum atomic E-state index is 6.76. The number of ether oxygens (including phenoxy) is 2. The van der Waals surface area contributed by atoms with Crippen LogP contribution in [0.4, 0.5) is 17.1 Å². The molecule has 0 unspecified atom stereocenters. The molecule has 15 rings (SSSR count). The van der Waals surface area contributed by atoms with E-state index in [1.54, 1.807) is 0 Å². The Morgan fingerprint density at radius 2 is 0.592 bits per heavy atom. The highest BCUT2D eigenvalue weighted by atomic mass is 16.5. The van der Waals surface area contributed by atoms with Crippen LogP contribution < -0.4 is 14.4 Å². The molecular formula is C68H43NO2. The molecule has 2 heterocycles. The van der Waals surface area contributed by atoms with E-state index in [9.17, 15) is 0 Å². The summed E-state index contributed by atoms with van der Waals surface area (Å²) in [6.07, 6.45) is 0. The van der Waals surface area contributed by atoms with Crippen molar-refractivity contribution in [1.82, 2.24) is 0 Å². The van der Waals surface area contributed by atoms with Crippen LogP contribution in [0.3, 0.4) is 0 Å². The summed E-state index contributed by atoms with van der Waals surface area (Å²) < 4.78 is 13.5. The standard InChI is InChI=1S/C68H43NO2/c1-2-19-44(20-3-1)46-21-16-22-47(43-46)45-39-41-48(42-40-45)69(59-33-17-31-57-65(59)49-23-4-6-25-51(49)67(57)53-27-8-12-35-61(53)70-62-36-13-9-28-54(62)67)60-34-18-32-58-66(60)50-24-5-7-26-52(50)68(58)55-29-10-14-37-63(55)71-64-38-15-11-30-56(64)68/h1-43H. The van der Waals surface area contributed by atoms with Crippen LogP contribution in [0.15, 0.2) is 261 Å². The molecule has 0 saturated carbocycles. The quantitative estimate of drug-likeness (QED) is 0.172. The van der Waals surface area contributed by atoms with Gasteiger partial charge in [-0.15, -0.1) is 0 Å². The summed E-state index contributed by atoms with van der Waals surface area (Å²) in [5.41, 5.74) is 21.1. The Bertz CT molecular complexity index is 3680. The second-order valence-corrected chi connectivity index (χ2v) is 19.0. The lowest BCUT2D eigenvalue weighted by Gasteiger charge is -2.40. The zero-order valence-corrected chi connectivity index (χ0v) is 38.6. The number of benzene rings is 11. The van der Waals surface area contributed by atoms with Crippen molar-refractivity contribution in [2.75, 3.05) is 4.90 Å². The van der Waals surface area contributed by atoms with Gasteiger partial charge < -0.3 is 14.4 Å². The topological polar surface area (TPSA) is 21.7 Å². The lowest BCUT2D eigenvalue weighted by molar-refractivity contribution is 0.436. The molecule has 0 bridgehead atoms. The van der Waals surface area contributed by atoms with Gasteiger partial charge in [-0.25, -0.2) is 0 Å². The van der Waals surface area contributed by atoms with E-state index < -0.39 is 10.8 Å². The molecule has 0 N–H and O–H groups in total. The molecule has 2 spiro atoms. The fraction of sp³-hybridized carbons (Fsp3) is 0.0294. The van der Waals surface area contributed by atoms with Gasteiger partial charge >= 0.3 is 0 Å². The van der Waals surface area contributed by atoms with E-state index in [-0.39, 0.29) is 0 Å². The minimum absolute atomic E-state index is 0.627. The molecule has 2 aliphatic carbocycles. The normalized spacial score (nSPS) is 14.1. The van der Waals surface area contributed by atoms with Crippen molar-refractivity contribution in [2.24, 2.45) is 0 Å². The highest BCUT2D eigenvalue weighted by Gasteiger charge is 2.54. The van der Waals surface area contributed by atoms with Crippen LogP contribution in [-0.2, 0) is 10.8 Å². The third-order valence-corrected chi connectivity index (χ3v) is 15.6. The van der Waals surface area contributed by atoms with Crippen LogP contribution in [-0.4, -0.2) is 0 Å². The van der Waals surface area contributed by atoms with Gasteiger partial charge in [-0.1, -0.05) is 206 Å². The Labute approximate surface area is 413 Å². The molecule has 2 aliphatic heterocycles. The van der Waals surface area contributed by atoms with E-state index in [2.05, 4.69) is 266 Å². The monoisotopic (exact) mass is 905 g/mol. The summed E-state index contributed by atoms with van der Waals surface area (Å²) in [7, 11) is 0. The summed E-state index contributed by atoms with van der Waals surface area (Å²) >= 11 is 0. The minimum Gasteiger partial charge on any atom is -0.457 e. The van der Waals surface area contributed by atoms with Crippen molar-refractivity contribution in [1.29, 1.82) is 0 Å². The van der Waals surface area contributed by atoms with Gasteiger partial charge in [0.1, 0.15) is 23.0 Å². The third-order valence-electron chi connectivity index (χ3n) is 15.6. The Balaban J connectivity index is 1.02. The first-order chi connectivity index (χ1) is 35.2.